The summed E-state index contributed by atoms with van der Waals surface area (Å²) < 4.78 is 0. The van der Waals surface area contributed by atoms with Gasteiger partial charge in [-0.05, 0) is 12.1 Å². The van der Waals surface area contributed by atoms with E-state index >= 15 is 0 Å². The van der Waals surface area contributed by atoms with Crippen LogP contribution in [0.3, 0.4) is 0 Å². The van der Waals surface area contributed by atoms with Crippen LogP contribution in [0.15, 0.2) is 43.6 Å². The second kappa shape index (κ2) is 7.73. The minimum Gasteiger partial charge on any atom is -0.481 e. The van der Waals surface area contributed by atoms with Crippen molar-refractivity contribution in [2.75, 3.05) is 18.4 Å². The highest BCUT2D eigenvalue weighted by Crippen LogP contribution is 2.08. The van der Waals surface area contributed by atoms with Crippen molar-refractivity contribution in [2.45, 2.75) is 6.42 Å². The number of urea groups is 1. The zero-order valence-electron chi connectivity index (χ0n) is 11.1. The molecule has 1 aromatic heterocycles. The fourth-order valence-corrected chi connectivity index (χ4v) is 1.51. The van der Waals surface area contributed by atoms with Gasteiger partial charge < -0.3 is 15.3 Å². The minimum absolute atomic E-state index is 0.146. The molecule has 0 aromatic carbocycles. The molecule has 0 bridgehead atoms. The predicted molar refractivity (Wildman–Crippen MR) is 76.6 cm³/mol. The Morgan fingerprint density at radius 1 is 1.30 bits per heavy atom. The van der Waals surface area contributed by atoms with Gasteiger partial charge in [0.25, 0.3) is 0 Å². The molecule has 0 saturated carbocycles. The standard InChI is InChI=1S/C14H17N3O3/c1-3-7-17(8-4-2)14(20)16-12-6-5-11(15-10-12)9-13(18)19/h3-6,10H,1-2,7-9H2,(H,16,20)(H,18,19). The Balaban J connectivity index is 2.66. The van der Waals surface area contributed by atoms with E-state index in [0.29, 0.717) is 24.5 Å². The monoisotopic (exact) mass is 275 g/mol. The second-order valence-corrected chi connectivity index (χ2v) is 4.02. The number of carbonyl (C=O) groups is 2. The first kappa shape index (κ1) is 15.4. The van der Waals surface area contributed by atoms with Gasteiger partial charge in [-0.2, -0.15) is 0 Å². The van der Waals surface area contributed by atoms with Gasteiger partial charge in [0.15, 0.2) is 0 Å². The highest BCUT2D eigenvalue weighted by Gasteiger charge is 2.10. The number of nitrogens with zero attached hydrogens (tertiary/aromatic N) is 2. The number of anilines is 1. The van der Waals surface area contributed by atoms with Crippen molar-refractivity contribution in [2.24, 2.45) is 0 Å². The normalized spacial score (nSPS) is 9.60. The zero-order chi connectivity index (χ0) is 15.0. The van der Waals surface area contributed by atoms with Gasteiger partial charge in [-0.15, -0.1) is 13.2 Å². The van der Waals surface area contributed by atoms with Gasteiger partial charge in [-0.1, -0.05) is 12.2 Å². The maximum Gasteiger partial charge on any atom is 0.322 e. The summed E-state index contributed by atoms with van der Waals surface area (Å²) in [5, 5.41) is 11.3. The number of aromatic nitrogens is 1. The molecule has 0 radical (unpaired) electrons. The van der Waals surface area contributed by atoms with Gasteiger partial charge in [-0.25, -0.2) is 4.79 Å². The first-order valence-corrected chi connectivity index (χ1v) is 6.01. The van der Waals surface area contributed by atoms with Crippen LogP contribution < -0.4 is 5.32 Å². The van der Waals surface area contributed by atoms with Crippen molar-refractivity contribution in [3.05, 3.63) is 49.3 Å². The fourth-order valence-electron chi connectivity index (χ4n) is 1.51. The summed E-state index contributed by atoms with van der Waals surface area (Å²) in [6.45, 7) is 7.99. The Morgan fingerprint density at radius 2 is 1.95 bits per heavy atom. The number of amides is 2. The Labute approximate surface area is 117 Å². The number of aliphatic carboxylic acids is 1. The van der Waals surface area contributed by atoms with Crippen LogP contribution >= 0.6 is 0 Å². The van der Waals surface area contributed by atoms with E-state index in [1.54, 1.807) is 24.3 Å². The van der Waals surface area contributed by atoms with Gasteiger partial charge in [-0.3, -0.25) is 9.78 Å². The number of pyridine rings is 1. The molecule has 2 N–H and O–H groups in total. The number of hydrogen-bond donors (Lipinski definition) is 2. The third-order valence-corrected chi connectivity index (χ3v) is 2.39. The lowest BCUT2D eigenvalue weighted by molar-refractivity contribution is -0.136. The first-order chi connectivity index (χ1) is 9.56. The van der Waals surface area contributed by atoms with Crippen LogP contribution in [0.25, 0.3) is 0 Å². The van der Waals surface area contributed by atoms with Crippen LogP contribution in [0.4, 0.5) is 10.5 Å². The van der Waals surface area contributed by atoms with Crippen LogP contribution in [0.2, 0.25) is 0 Å². The van der Waals surface area contributed by atoms with Crippen molar-refractivity contribution in [1.82, 2.24) is 9.88 Å². The van der Waals surface area contributed by atoms with E-state index in [1.807, 2.05) is 0 Å². The molecule has 0 aliphatic rings. The molecule has 106 valence electrons. The number of carboxylic acids is 1. The third-order valence-electron chi connectivity index (χ3n) is 2.39. The molecular weight excluding hydrogens is 258 g/mol. The van der Waals surface area contributed by atoms with Crippen LogP contribution in [0.1, 0.15) is 5.69 Å². The van der Waals surface area contributed by atoms with Crippen LogP contribution in [0, 0.1) is 0 Å². The molecule has 0 saturated heterocycles. The van der Waals surface area contributed by atoms with Crippen molar-refractivity contribution in [3.63, 3.8) is 0 Å². The summed E-state index contributed by atoms with van der Waals surface area (Å²) in [6.07, 6.45) is 4.53. The summed E-state index contributed by atoms with van der Waals surface area (Å²) in [6, 6.07) is 2.88. The summed E-state index contributed by atoms with van der Waals surface area (Å²) in [5.41, 5.74) is 0.937. The third kappa shape index (κ3) is 4.93. The highest BCUT2D eigenvalue weighted by atomic mass is 16.4. The molecule has 6 nitrogen and oxygen atoms in total. The summed E-state index contributed by atoms with van der Waals surface area (Å²) >= 11 is 0. The quantitative estimate of drug-likeness (QED) is 0.745. The van der Waals surface area contributed by atoms with Gasteiger partial charge >= 0.3 is 12.0 Å². The number of hydrogen-bond acceptors (Lipinski definition) is 3. The summed E-state index contributed by atoms with van der Waals surface area (Å²) in [5.74, 6) is -0.947. The Morgan fingerprint density at radius 3 is 2.40 bits per heavy atom. The van der Waals surface area contributed by atoms with Crippen molar-refractivity contribution < 1.29 is 14.7 Å². The van der Waals surface area contributed by atoms with E-state index < -0.39 is 5.97 Å². The van der Waals surface area contributed by atoms with E-state index in [1.165, 1.54) is 11.1 Å². The van der Waals surface area contributed by atoms with Gasteiger partial charge in [0.1, 0.15) is 0 Å². The molecule has 0 spiro atoms. The summed E-state index contributed by atoms with van der Waals surface area (Å²) in [4.78, 5) is 28.0. The Bertz CT molecular complexity index is 487. The van der Waals surface area contributed by atoms with Crippen LogP contribution in [-0.2, 0) is 11.2 Å². The molecule has 0 unspecified atom stereocenters. The predicted octanol–water partition coefficient (Wildman–Crippen LogP) is 1.91. The van der Waals surface area contributed by atoms with Gasteiger partial charge in [0, 0.05) is 13.1 Å². The van der Waals surface area contributed by atoms with E-state index in [2.05, 4.69) is 23.5 Å². The molecule has 0 fully saturated rings. The highest BCUT2D eigenvalue weighted by molar-refractivity contribution is 5.89. The maximum absolute atomic E-state index is 12.0. The van der Waals surface area contributed by atoms with E-state index in [9.17, 15) is 9.59 Å². The molecule has 1 heterocycles. The van der Waals surface area contributed by atoms with Gasteiger partial charge in [0.05, 0.1) is 24.0 Å². The lowest BCUT2D eigenvalue weighted by Gasteiger charge is -2.19. The average Bonchev–Trinajstić information content (AvgIpc) is 2.40. The molecule has 0 atom stereocenters. The van der Waals surface area contributed by atoms with Gasteiger partial charge in [0.2, 0.25) is 0 Å². The minimum atomic E-state index is -0.947. The van der Waals surface area contributed by atoms with Crippen LogP contribution in [0.5, 0.6) is 0 Å². The van der Waals surface area contributed by atoms with E-state index in [4.69, 9.17) is 5.11 Å². The van der Waals surface area contributed by atoms with Crippen LogP contribution in [-0.4, -0.2) is 40.1 Å². The lowest BCUT2D eigenvalue weighted by atomic mass is 10.2. The number of nitrogens with one attached hydrogen (secondary N) is 1. The molecule has 2 amide bonds. The second-order valence-electron chi connectivity index (χ2n) is 4.02. The molecule has 1 rings (SSSR count). The van der Waals surface area contributed by atoms with E-state index in [-0.39, 0.29) is 12.5 Å². The van der Waals surface area contributed by atoms with E-state index in [0.717, 1.165) is 0 Å². The number of carboxylic acid groups (broad SMARTS) is 1. The summed E-state index contributed by atoms with van der Waals surface area (Å²) in [7, 11) is 0. The van der Waals surface area contributed by atoms with Crippen molar-refractivity contribution >= 4 is 17.7 Å². The largest absolute Gasteiger partial charge is 0.481 e. The maximum atomic E-state index is 12.0. The molecule has 6 heteroatoms. The Kier molecular flexibility index (Phi) is 5.96. The Hall–Kier alpha value is -2.63. The fraction of sp³-hybridized carbons (Fsp3) is 0.214. The lowest BCUT2D eigenvalue weighted by Crippen LogP contribution is -2.35. The first-order valence-electron chi connectivity index (χ1n) is 6.01. The molecule has 1 aromatic rings. The van der Waals surface area contributed by atoms with Crippen molar-refractivity contribution in [3.8, 4) is 0 Å². The SMILES string of the molecule is C=CCN(CC=C)C(=O)Nc1ccc(CC(=O)O)nc1. The smallest absolute Gasteiger partial charge is 0.322 e. The molecule has 20 heavy (non-hydrogen) atoms. The zero-order valence-corrected chi connectivity index (χ0v) is 11.1. The molecule has 0 aliphatic heterocycles. The topological polar surface area (TPSA) is 82.5 Å². The number of carbonyl (C=O) groups excluding carboxylic acids is 1. The molecular formula is C14H17N3O3. The van der Waals surface area contributed by atoms with Crippen molar-refractivity contribution in [1.29, 1.82) is 0 Å². The molecule has 0 aliphatic carbocycles. The number of rotatable bonds is 7. The average molecular weight is 275 g/mol.